The summed E-state index contributed by atoms with van der Waals surface area (Å²) in [5.41, 5.74) is 1.34. The van der Waals surface area contributed by atoms with Crippen LogP contribution in [-0.2, 0) is 12.8 Å². The van der Waals surface area contributed by atoms with E-state index >= 15 is 0 Å². The van der Waals surface area contributed by atoms with E-state index in [1.807, 2.05) is 6.07 Å². The van der Waals surface area contributed by atoms with E-state index in [9.17, 15) is 4.79 Å². The van der Waals surface area contributed by atoms with E-state index < -0.39 is 0 Å². The van der Waals surface area contributed by atoms with Crippen LogP contribution < -0.4 is 5.32 Å². The number of carbonyl (C=O) groups is 1. The molecule has 1 aliphatic carbocycles. The maximum absolute atomic E-state index is 12.1. The second-order valence-electron chi connectivity index (χ2n) is 4.44. The average Bonchev–Trinajstić information content (AvgIpc) is 2.85. The topological polar surface area (TPSA) is 54.9 Å². The van der Waals surface area contributed by atoms with E-state index in [1.54, 1.807) is 17.5 Å². The monoisotopic (exact) mass is 337 g/mol. The zero-order valence-corrected chi connectivity index (χ0v) is 12.6. The fourth-order valence-corrected chi connectivity index (χ4v) is 3.51. The number of anilines is 1. The third-order valence-corrected chi connectivity index (χ3v) is 4.73. The molecule has 1 aliphatic rings. The fraction of sp³-hybridized carbons (Fsp3) is 0.308. The summed E-state index contributed by atoms with van der Waals surface area (Å²) in [5, 5.41) is 2.77. The van der Waals surface area contributed by atoms with Crippen molar-refractivity contribution >= 4 is 39.0 Å². The molecule has 0 saturated heterocycles. The summed E-state index contributed by atoms with van der Waals surface area (Å²) in [5.74, 6) is 0.371. The highest BCUT2D eigenvalue weighted by Crippen LogP contribution is 2.29. The first kappa shape index (κ1) is 12.7. The lowest BCUT2D eigenvalue weighted by Crippen LogP contribution is -2.11. The lowest BCUT2D eigenvalue weighted by molar-refractivity contribution is 0.103. The Bertz CT molecular complexity index is 585. The molecule has 0 aliphatic heterocycles. The maximum atomic E-state index is 12.1. The molecule has 0 atom stereocenters. The Kier molecular flexibility index (Phi) is 3.61. The van der Waals surface area contributed by atoms with E-state index in [-0.39, 0.29) is 5.91 Å². The molecule has 0 aromatic carbocycles. The summed E-state index contributed by atoms with van der Waals surface area (Å²) in [6.45, 7) is 0. The molecule has 3 rings (SSSR count). The number of nitrogens with one attached hydrogen (secondary N) is 1. The first-order valence-electron chi connectivity index (χ1n) is 6.13. The minimum absolute atomic E-state index is 0.101. The van der Waals surface area contributed by atoms with Gasteiger partial charge >= 0.3 is 0 Å². The summed E-state index contributed by atoms with van der Waals surface area (Å²) in [7, 11) is 0. The number of hydrogen-bond donors (Lipinski definition) is 1. The first-order chi connectivity index (χ1) is 9.22. The van der Waals surface area contributed by atoms with Gasteiger partial charge in [0, 0.05) is 4.88 Å². The number of thiophene rings is 1. The van der Waals surface area contributed by atoms with E-state index in [1.165, 1.54) is 29.5 Å². The van der Waals surface area contributed by atoms with Crippen molar-refractivity contribution in [1.29, 1.82) is 0 Å². The molecule has 0 saturated carbocycles. The quantitative estimate of drug-likeness (QED) is 0.913. The van der Waals surface area contributed by atoms with Crippen LogP contribution in [0.1, 0.15) is 33.0 Å². The first-order valence-corrected chi connectivity index (χ1v) is 7.74. The predicted octanol–water partition coefficient (Wildman–Crippen LogP) is 3.43. The highest BCUT2D eigenvalue weighted by atomic mass is 79.9. The van der Waals surface area contributed by atoms with Gasteiger partial charge in [-0.15, -0.1) is 11.3 Å². The van der Waals surface area contributed by atoms with Crippen molar-refractivity contribution < 1.29 is 4.79 Å². The van der Waals surface area contributed by atoms with Gasteiger partial charge in [-0.3, -0.25) is 4.79 Å². The van der Waals surface area contributed by atoms with Crippen LogP contribution in [-0.4, -0.2) is 15.9 Å². The minimum Gasteiger partial charge on any atom is -0.305 e. The van der Waals surface area contributed by atoms with Crippen LogP contribution in [0.15, 0.2) is 23.1 Å². The second-order valence-corrected chi connectivity index (χ2v) is 6.39. The summed E-state index contributed by atoms with van der Waals surface area (Å²) in [4.78, 5) is 22.4. The van der Waals surface area contributed by atoms with Crippen molar-refractivity contribution in [1.82, 2.24) is 9.97 Å². The Balaban J connectivity index is 1.76. The Morgan fingerprint density at radius 2 is 2.11 bits per heavy atom. The summed E-state index contributed by atoms with van der Waals surface area (Å²) < 4.78 is 0.650. The van der Waals surface area contributed by atoms with Crippen LogP contribution >= 0.6 is 27.3 Å². The molecule has 19 heavy (non-hydrogen) atoms. The average molecular weight is 338 g/mol. The number of rotatable bonds is 2. The predicted molar refractivity (Wildman–Crippen MR) is 78.6 cm³/mol. The van der Waals surface area contributed by atoms with Crippen LogP contribution in [0.3, 0.4) is 0 Å². The van der Waals surface area contributed by atoms with Gasteiger partial charge in [-0.25, -0.2) is 9.97 Å². The molecule has 0 unspecified atom stereocenters. The Morgan fingerprint density at radius 3 is 2.84 bits per heavy atom. The number of fused-ring (bicyclic) bond motifs is 1. The van der Waals surface area contributed by atoms with Gasteiger partial charge in [0.05, 0.1) is 17.3 Å². The van der Waals surface area contributed by atoms with E-state index in [0.29, 0.717) is 10.4 Å². The van der Waals surface area contributed by atoms with Crippen molar-refractivity contribution in [2.45, 2.75) is 25.7 Å². The molecule has 0 bridgehead atoms. The van der Waals surface area contributed by atoms with Gasteiger partial charge < -0.3 is 5.32 Å². The molecule has 0 spiro atoms. The van der Waals surface area contributed by atoms with E-state index in [4.69, 9.17) is 0 Å². The van der Waals surface area contributed by atoms with Crippen molar-refractivity contribution in [2.24, 2.45) is 0 Å². The highest BCUT2D eigenvalue weighted by Gasteiger charge is 2.17. The second kappa shape index (κ2) is 5.38. The van der Waals surface area contributed by atoms with Crippen LogP contribution in [0.25, 0.3) is 0 Å². The lowest BCUT2D eigenvalue weighted by atomic mass is 9.99. The molecule has 6 heteroatoms. The normalized spacial score (nSPS) is 13.9. The number of halogens is 1. The third kappa shape index (κ3) is 2.84. The number of carbonyl (C=O) groups excluding carboxylic acids is 1. The molecule has 98 valence electrons. The van der Waals surface area contributed by atoms with E-state index in [0.717, 1.165) is 17.7 Å². The van der Waals surface area contributed by atoms with Crippen LogP contribution in [0.5, 0.6) is 0 Å². The summed E-state index contributed by atoms with van der Waals surface area (Å²) in [6, 6.07) is 2.01. The molecule has 2 aromatic rings. The molecule has 0 fully saturated rings. The number of hydrogen-bond acceptors (Lipinski definition) is 4. The third-order valence-electron chi connectivity index (χ3n) is 3.08. The van der Waals surface area contributed by atoms with Crippen molar-refractivity contribution in [3.05, 3.63) is 38.4 Å². The SMILES string of the molecule is O=C(Nc1cnc(Br)cn1)c1cc2c(s1)CCCC2. The number of aryl methyl sites for hydroxylation is 2. The summed E-state index contributed by atoms with van der Waals surface area (Å²) in [6.07, 6.45) is 7.75. The summed E-state index contributed by atoms with van der Waals surface area (Å²) >= 11 is 4.81. The van der Waals surface area contributed by atoms with Crippen LogP contribution in [0.2, 0.25) is 0 Å². The molecule has 2 aromatic heterocycles. The number of amides is 1. The molecule has 4 nitrogen and oxygen atoms in total. The van der Waals surface area contributed by atoms with Gasteiger partial charge in [-0.2, -0.15) is 0 Å². The van der Waals surface area contributed by atoms with Crippen molar-refractivity contribution in [3.63, 3.8) is 0 Å². The van der Waals surface area contributed by atoms with Gasteiger partial charge in [0.25, 0.3) is 5.91 Å². The van der Waals surface area contributed by atoms with Gasteiger partial charge in [0.15, 0.2) is 5.82 Å². The Hall–Kier alpha value is -1.27. The molecule has 1 amide bonds. The Labute approximate surface area is 123 Å². The standard InChI is InChI=1S/C13H12BrN3OS/c14-11-6-16-12(7-15-11)17-13(18)10-5-8-3-1-2-4-9(8)19-10/h5-7H,1-4H2,(H,16,17,18). The largest absolute Gasteiger partial charge is 0.305 e. The van der Waals surface area contributed by atoms with Gasteiger partial charge in [-0.05, 0) is 53.2 Å². The highest BCUT2D eigenvalue weighted by molar-refractivity contribution is 9.10. The molecular formula is C13H12BrN3OS. The van der Waals surface area contributed by atoms with Gasteiger partial charge in [0.2, 0.25) is 0 Å². The fourth-order valence-electron chi connectivity index (χ4n) is 2.16. The number of aromatic nitrogens is 2. The van der Waals surface area contributed by atoms with Gasteiger partial charge in [0.1, 0.15) is 4.60 Å². The Morgan fingerprint density at radius 1 is 1.26 bits per heavy atom. The molecule has 1 N–H and O–H groups in total. The molecule has 0 radical (unpaired) electrons. The van der Waals surface area contributed by atoms with Crippen LogP contribution in [0, 0.1) is 0 Å². The van der Waals surface area contributed by atoms with Crippen molar-refractivity contribution in [2.75, 3.05) is 5.32 Å². The van der Waals surface area contributed by atoms with Gasteiger partial charge in [-0.1, -0.05) is 0 Å². The maximum Gasteiger partial charge on any atom is 0.266 e. The minimum atomic E-state index is -0.101. The van der Waals surface area contributed by atoms with Crippen molar-refractivity contribution in [3.8, 4) is 0 Å². The zero-order valence-electron chi connectivity index (χ0n) is 10.1. The van der Waals surface area contributed by atoms with Crippen LogP contribution in [0.4, 0.5) is 5.82 Å². The lowest BCUT2D eigenvalue weighted by Gasteiger charge is -2.08. The zero-order chi connectivity index (χ0) is 13.2. The smallest absolute Gasteiger partial charge is 0.266 e. The molecular weight excluding hydrogens is 326 g/mol. The molecule has 2 heterocycles. The number of nitrogens with zero attached hydrogens (tertiary/aromatic N) is 2. The van der Waals surface area contributed by atoms with E-state index in [2.05, 4.69) is 31.2 Å².